The molecule has 2 aliphatic heterocycles. The summed E-state index contributed by atoms with van der Waals surface area (Å²) in [6, 6.07) is 11.4. The highest BCUT2D eigenvalue weighted by Gasteiger charge is 2.35. The zero-order valence-corrected chi connectivity index (χ0v) is 20.4. The van der Waals surface area contributed by atoms with Gasteiger partial charge in [0.15, 0.2) is 0 Å². The van der Waals surface area contributed by atoms with E-state index in [9.17, 15) is 19.1 Å². The summed E-state index contributed by atoms with van der Waals surface area (Å²) in [6.07, 6.45) is 2.55. The second kappa shape index (κ2) is 11.3. The van der Waals surface area contributed by atoms with Crippen LogP contribution >= 0.6 is 0 Å². The van der Waals surface area contributed by atoms with E-state index in [0.29, 0.717) is 64.2 Å². The van der Waals surface area contributed by atoms with Crippen molar-refractivity contribution in [1.29, 1.82) is 0 Å². The molecule has 2 N–H and O–H groups in total. The number of carbonyl (C=O) groups excluding carboxylic acids is 1. The predicted molar refractivity (Wildman–Crippen MR) is 133 cm³/mol. The first-order valence-corrected chi connectivity index (χ1v) is 12.5. The maximum atomic E-state index is 13.3. The highest BCUT2D eigenvalue weighted by Crippen LogP contribution is 2.26. The number of carbonyl (C=O) groups is 1. The van der Waals surface area contributed by atoms with Crippen molar-refractivity contribution in [3.8, 4) is 0 Å². The summed E-state index contributed by atoms with van der Waals surface area (Å²) in [5.74, 6) is 0.702. The van der Waals surface area contributed by atoms with Gasteiger partial charge in [-0.1, -0.05) is 37.3 Å². The van der Waals surface area contributed by atoms with Crippen LogP contribution in [0.15, 0.2) is 47.5 Å². The van der Waals surface area contributed by atoms with Gasteiger partial charge in [-0.05, 0) is 30.7 Å². The van der Waals surface area contributed by atoms with E-state index in [1.54, 1.807) is 0 Å². The van der Waals surface area contributed by atoms with Crippen LogP contribution in [0.5, 0.6) is 0 Å². The van der Waals surface area contributed by atoms with Gasteiger partial charge in [0.2, 0.25) is 5.91 Å². The number of hydrogen-bond donors (Lipinski definition) is 2. The number of piperidine rings is 1. The largest absolute Gasteiger partial charge is 0.388 e. The van der Waals surface area contributed by atoms with Crippen LogP contribution in [-0.2, 0) is 11.3 Å². The Morgan fingerprint density at radius 1 is 1.26 bits per heavy atom. The summed E-state index contributed by atoms with van der Waals surface area (Å²) >= 11 is 0. The molecule has 1 aromatic heterocycles. The number of amides is 1. The maximum absolute atomic E-state index is 13.3. The summed E-state index contributed by atoms with van der Waals surface area (Å²) in [5, 5.41) is 14.2. The lowest BCUT2D eigenvalue weighted by atomic mass is 9.90. The van der Waals surface area contributed by atoms with E-state index in [-0.39, 0.29) is 23.9 Å². The van der Waals surface area contributed by atoms with E-state index in [4.69, 9.17) is 0 Å². The number of halogens is 1. The molecule has 3 heterocycles. The molecule has 2 aromatic rings. The lowest BCUT2D eigenvalue weighted by molar-refractivity contribution is -0.136. The Balaban J connectivity index is 1.24. The quantitative estimate of drug-likeness (QED) is 0.566. The molecule has 2 fully saturated rings. The zero-order valence-electron chi connectivity index (χ0n) is 20.4. The molecular formula is C26H36FN5O3. The second-order valence-corrected chi connectivity index (χ2v) is 9.97. The normalized spacial score (nSPS) is 21.1. The predicted octanol–water partition coefficient (Wildman–Crippen LogP) is 2.25. The molecule has 0 radical (unpaired) electrons. The van der Waals surface area contributed by atoms with Crippen molar-refractivity contribution in [3.05, 3.63) is 58.6 Å². The Bertz CT molecular complexity index is 1040. The second-order valence-electron chi connectivity index (χ2n) is 9.97. The summed E-state index contributed by atoms with van der Waals surface area (Å²) in [5.41, 5.74) is -0.152. The van der Waals surface area contributed by atoms with E-state index in [2.05, 4.69) is 17.2 Å². The minimum atomic E-state index is -1.05. The standard InChI is InChI=1S/C26H36FN5O3/c1-20(21-5-3-2-4-6-21)15-24(33)31-12-8-26(35,9-13-31)18-32-19-29-23(16-25(32)34)28-10-14-30-11-7-22(27)17-30/h2-6,16,19-20,22,28,35H,7-15,17-18H2,1H3/t20-,22+/m1/s1. The SMILES string of the molecule is C[C@H](CC(=O)N1CCC(O)(Cn2cnc(NCCN3CC[C@H](F)C3)cc2=O)CC1)c1ccccc1. The molecule has 2 aliphatic rings. The fourth-order valence-electron chi connectivity index (χ4n) is 4.91. The number of hydrogen-bond acceptors (Lipinski definition) is 6. The molecule has 0 bridgehead atoms. The van der Waals surface area contributed by atoms with Crippen molar-refractivity contribution in [2.75, 3.05) is 44.6 Å². The number of anilines is 1. The molecule has 0 saturated carbocycles. The van der Waals surface area contributed by atoms with Crippen LogP contribution in [-0.4, -0.2) is 81.4 Å². The molecule has 0 unspecified atom stereocenters. The topological polar surface area (TPSA) is 90.7 Å². The minimum absolute atomic E-state index is 0.0913. The van der Waals surface area contributed by atoms with Crippen molar-refractivity contribution in [2.24, 2.45) is 0 Å². The molecule has 1 amide bonds. The van der Waals surface area contributed by atoms with Crippen LogP contribution in [0.1, 0.15) is 44.1 Å². The van der Waals surface area contributed by atoms with Crippen molar-refractivity contribution in [3.63, 3.8) is 0 Å². The van der Waals surface area contributed by atoms with Crippen molar-refractivity contribution < 1.29 is 14.3 Å². The third kappa shape index (κ3) is 6.89. The average Bonchev–Trinajstić information content (AvgIpc) is 3.26. The van der Waals surface area contributed by atoms with Crippen molar-refractivity contribution in [1.82, 2.24) is 19.4 Å². The highest BCUT2D eigenvalue weighted by molar-refractivity contribution is 5.77. The monoisotopic (exact) mass is 485 g/mol. The van der Waals surface area contributed by atoms with Crippen LogP contribution in [0.25, 0.3) is 0 Å². The van der Waals surface area contributed by atoms with Crippen molar-refractivity contribution >= 4 is 11.7 Å². The molecule has 2 atom stereocenters. The summed E-state index contributed by atoms with van der Waals surface area (Å²) < 4.78 is 14.7. The number of rotatable bonds is 9. The molecular weight excluding hydrogens is 449 g/mol. The Morgan fingerprint density at radius 3 is 2.66 bits per heavy atom. The fourth-order valence-corrected chi connectivity index (χ4v) is 4.91. The van der Waals surface area contributed by atoms with Gasteiger partial charge >= 0.3 is 0 Å². The molecule has 190 valence electrons. The van der Waals surface area contributed by atoms with Crippen LogP contribution in [0.4, 0.5) is 10.2 Å². The third-order valence-electron chi connectivity index (χ3n) is 7.19. The lowest BCUT2D eigenvalue weighted by Gasteiger charge is -2.38. The molecule has 4 rings (SSSR count). The lowest BCUT2D eigenvalue weighted by Crippen LogP contribution is -2.49. The van der Waals surface area contributed by atoms with Gasteiger partial charge in [0.1, 0.15) is 12.0 Å². The molecule has 9 heteroatoms. The van der Waals surface area contributed by atoms with Gasteiger partial charge in [-0.2, -0.15) is 0 Å². The van der Waals surface area contributed by atoms with Crippen LogP contribution in [0, 0.1) is 0 Å². The zero-order chi connectivity index (χ0) is 24.8. The first-order valence-electron chi connectivity index (χ1n) is 12.5. The number of aromatic nitrogens is 2. The molecule has 35 heavy (non-hydrogen) atoms. The molecule has 0 aliphatic carbocycles. The Labute approximate surface area is 205 Å². The van der Waals surface area contributed by atoms with E-state index in [0.717, 1.165) is 12.1 Å². The van der Waals surface area contributed by atoms with Gasteiger partial charge in [0, 0.05) is 51.8 Å². The van der Waals surface area contributed by atoms with E-state index in [1.807, 2.05) is 40.1 Å². The first kappa shape index (κ1) is 25.3. The average molecular weight is 486 g/mol. The summed E-state index contributed by atoms with van der Waals surface area (Å²) in [4.78, 5) is 33.5. The van der Waals surface area contributed by atoms with Gasteiger partial charge < -0.3 is 15.3 Å². The summed E-state index contributed by atoms with van der Waals surface area (Å²) in [7, 11) is 0. The van der Waals surface area contributed by atoms with E-state index >= 15 is 0 Å². The van der Waals surface area contributed by atoms with Crippen molar-refractivity contribution in [2.45, 2.75) is 56.8 Å². The Morgan fingerprint density at radius 2 is 2.00 bits per heavy atom. The molecule has 2 saturated heterocycles. The minimum Gasteiger partial charge on any atom is -0.388 e. The van der Waals surface area contributed by atoms with Gasteiger partial charge in [-0.15, -0.1) is 0 Å². The van der Waals surface area contributed by atoms with Gasteiger partial charge in [-0.25, -0.2) is 9.37 Å². The number of alkyl halides is 1. The van der Waals surface area contributed by atoms with E-state index < -0.39 is 11.8 Å². The van der Waals surface area contributed by atoms with Gasteiger partial charge in [-0.3, -0.25) is 19.1 Å². The number of nitrogens with one attached hydrogen (secondary N) is 1. The van der Waals surface area contributed by atoms with E-state index in [1.165, 1.54) is 17.0 Å². The van der Waals surface area contributed by atoms with Gasteiger partial charge in [0.25, 0.3) is 5.56 Å². The first-order chi connectivity index (χ1) is 16.8. The number of nitrogens with zero attached hydrogens (tertiary/aromatic N) is 4. The Kier molecular flexibility index (Phi) is 8.18. The summed E-state index contributed by atoms with van der Waals surface area (Å²) in [6.45, 7) is 5.63. The number of benzene rings is 1. The maximum Gasteiger partial charge on any atom is 0.255 e. The third-order valence-corrected chi connectivity index (χ3v) is 7.19. The smallest absolute Gasteiger partial charge is 0.255 e. The Hall–Kier alpha value is -2.78. The fraction of sp³-hybridized carbons (Fsp3) is 0.577. The van der Waals surface area contributed by atoms with Crippen LogP contribution < -0.4 is 10.9 Å². The van der Waals surface area contributed by atoms with Crippen LogP contribution in [0.2, 0.25) is 0 Å². The molecule has 8 nitrogen and oxygen atoms in total. The van der Waals surface area contributed by atoms with Gasteiger partial charge in [0.05, 0.1) is 18.5 Å². The molecule has 0 spiro atoms. The number of aliphatic hydroxyl groups is 1. The van der Waals surface area contributed by atoms with Crippen LogP contribution in [0.3, 0.4) is 0 Å². The highest BCUT2D eigenvalue weighted by atomic mass is 19.1. The number of likely N-dealkylation sites (tertiary alicyclic amines) is 2. The molecule has 1 aromatic carbocycles.